The highest BCUT2D eigenvalue weighted by Crippen LogP contribution is 2.51. The maximum absolute atomic E-state index is 12.4. The number of carbonyl (C=O) groups is 3. The summed E-state index contributed by atoms with van der Waals surface area (Å²) in [5, 5.41) is 0.460. The van der Waals surface area contributed by atoms with Crippen molar-refractivity contribution in [3.8, 4) is 0 Å². The zero-order valence-electron chi connectivity index (χ0n) is 37.1. The van der Waals surface area contributed by atoms with Crippen LogP contribution >= 0.6 is 0 Å². The SMILES string of the molecule is COCCOCC[N+]1=C(/C=C/C=C/C=C2/N(CCOCCC(=O)ON3C(=O)CCC3=O)c3ccc(S(=O)(=O)O)cc3C2(C)CCOC)C(C)(CCCS(=O)(=O)O)c2cc(S(=O)(=O)O)ccc21. The molecule has 2 amide bonds. The first-order valence-electron chi connectivity index (χ1n) is 20.9. The Morgan fingerprint density at radius 2 is 1.39 bits per heavy atom. The van der Waals surface area contributed by atoms with Gasteiger partial charge in [0, 0.05) is 74.7 Å². The lowest BCUT2D eigenvalue weighted by Crippen LogP contribution is -2.33. The Bertz CT molecular complexity index is 2610. The number of benzene rings is 2. The van der Waals surface area contributed by atoms with Crippen molar-refractivity contribution in [2.24, 2.45) is 0 Å². The molecule has 3 heterocycles. The lowest BCUT2D eigenvalue weighted by Gasteiger charge is -2.30. The summed E-state index contributed by atoms with van der Waals surface area (Å²) in [6.07, 6.45) is 9.05. The van der Waals surface area contributed by atoms with Gasteiger partial charge in [0.15, 0.2) is 12.3 Å². The number of amides is 2. The average Bonchev–Trinajstić information content (AvgIpc) is 3.77. The number of methoxy groups -OCH3 is 2. The first-order chi connectivity index (χ1) is 31.0. The molecule has 2 aromatic carbocycles. The van der Waals surface area contributed by atoms with E-state index >= 15 is 0 Å². The molecule has 0 spiro atoms. The van der Waals surface area contributed by atoms with E-state index in [-0.39, 0.29) is 74.9 Å². The van der Waals surface area contributed by atoms with E-state index in [1.165, 1.54) is 31.4 Å². The highest BCUT2D eigenvalue weighted by molar-refractivity contribution is 7.86. The van der Waals surface area contributed by atoms with Crippen LogP contribution in [0.5, 0.6) is 0 Å². The quantitative estimate of drug-likeness (QED) is 0.0421. The van der Waals surface area contributed by atoms with Crippen LogP contribution in [0.15, 0.2) is 82.3 Å². The second-order valence-corrected chi connectivity index (χ2v) is 20.5. The van der Waals surface area contributed by atoms with Crippen LogP contribution in [-0.2, 0) is 79.4 Å². The third kappa shape index (κ3) is 12.6. The molecule has 2 atom stereocenters. The van der Waals surface area contributed by atoms with Gasteiger partial charge in [-0.25, -0.2) is 4.79 Å². The minimum absolute atomic E-state index is 0.00645. The van der Waals surface area contributed by atoms with E-state index in [0.29, 0.717) is 65.2 Å². The summed E-state index contributed by atoms with van der Waals surface area (Å²) in [4.78, 5) is 42.2. The van der Waals surface area contributed by atoms with Crippen molar-refractivity contribution in [2.75, 3.05) is 77.6 Å². The first-order valence-corrected chi connectivity index (χ1v) is 25.4. The van der Waals surface area contributed by atoms with Crippen molar-refractivity contribution in [2.45, 2.75) is 73.0 Å². The normalized spacial score (nSPS) is 20.7. The summed E-state index contributed by atoms with van der Waals surface area (Å²) in [7, 11) is -10.5. The van der Waals surface area contributed by atoms with Gasteiger partial charge in [-0.3, -0.25) is 23.2 Å². The van der Waals surface area contributed by atoms with Crippen molar-refractivity contribution in [3.05, 3.63) is 83.6 Å². The molecule has 0 aromatic heterocycles. The van der Waals surface area contributed by atoms with Gasteiger partial charge in [0.25, 0.3) is 42.2 Å². The monoisotopic (exact) mass is 982 g/mol. The fourth-order valence-electron chi connectivity index (χ4n) is 8.28. The van der Waals surface area contributed by atoms with Gasteiger partial charge in [0.1, 0.15) is 6.61 Å². The summed E-state index contributed by atoms with van der Waals surface area (Å²) in [5.41, 5.74) is 1.75. The predicted molar refractivity (Wildman–Crippen MR) is 238 cm³/mol. The Morgan fingerprint density at radius 1 is 0.758 bits per heavy atom. The van der Waals surface area contributed by atoms with Crippen LogP contribution in [0.4, 0.5) is 11.4 Å². The van der Waals surface area contributed by atoms with Crippen molar-refractivity contribution in [3.63, 3.8) is 0 Å². The Balaban J connectivity index is 1.48. The van der Waals surface area contributed by atoms with Gasteiger partial charge in [-0.15, -0.1) is 5.06 Å². The molecule has 2 aromatic rings. The number of hydroxylamine groups is 2. The van der Waals surface area contributed by atoms with Crippen LogP contribution in [0.25, 0.3) is 0 Å². The van der Waals surface area contributed by atoms with Crippen LogP contribution in [0.3, 0.4) is 0 Å². The third-order valence-electron chi connectivity index (χ3n) is 11.6. The molecule has 3 N–H and O–H groups in total. The lowest BCUT2D eigenvalue weighted by molar-refractivity contribution is -0.442. The van der Waals surface area contributed by atoms with Crippen molar-refractivity contribution in [1.29, 1.82) is 0 Å². The summed E-state index contributed by atoms with van der Waals surface area (Å²) < 4.78 is 126. The summed E-state index contributed by atoms with van der Waals surface area (Å²) in [6.45, 7) is 5.33. The van der Waals surface area contributed by atoms with Crippen LogP contribution in [-0.4, -0.2) is 145 Å². The molecule has 3 aliphatic heterocycles. The van der Waals surface area contributed by atoms with E-state index < -0.39 is 64.7 Å². The average molecular weight is 983 g/mol. The Hall–Kier alpha value is -4.69. The number of hydrogen-bond donors (Lipinski definition) is 3. The largest absolute Gasteiger partial charge is 0.385 e. The molecule has 1 fully saturated rings. The summed E-state index contributed by atoms with van der Waals surface area (Å²) in [5.74, 6) is -2.58. The van der Waals surface area contributed by atoms with Crippen LogP contribution < -0.4 is 4.90 Å². The lowest BCUT2D eigenvalue weighted by atomic mass is 9.76. The molecule has 0 saturated carbocycles. The molecular formula is C43H56N3O17S3+. The van der Waals surface area contributed by atoms with Crippen molar-refractivity contribution >= 4 is 65.2 Å². The molecule has 0 aliphatic carbocycles. The van der Waals surface area contributed by atoms with Gasteiger partial charge >= 0.3 is 5.97 Å². The zero-order chi connectivity index (χ0) is 48.5. The van der Waals surface area contributed by atoms with Crippen molar-refractivity contribution < 1.29 is 81.7 Å². The second-order valence-electron chi connectivity index (χ2n) is 16.1. The minimum atomic E-state index is -4.62. The standard InChI is InChI=1S/C43H55N3O17S3/c1-42(18-8-28-64(50,51)52)33-29-31(65(53,54)55)11-13-35(33)44(21-25-62-27-26-60-4)37(42)9-6-5-7-10-38-43(2,19-23-59-3)34-30-32(66(56,57)58)12-14-36(34)45(38)20-24-61-22-17-41(49)63-46-39(47)15-16-40(46)48/h5-7,9-14,29-30H,8,15-28H2,1-4H3,(H2-,50,51,52,53,54,55,56,57,58)/p+1. The number of nitrogens with zero attached hydrogens (tertiary/aromatic N) is 3. The van der Waals surface area contributed by atoms with E-state index in [9.17, 15) is 53.3 Å². The molecule has 3 aliphatic rings. The first kappa shape index (κ1) is 52.3. The molecule has 1 saturated heterocycles. The van der Waals surface area contributed by atoms with E-state index in [0.717, 1.165) is 0 Å². The van der Waals surface area contributed by atoms with Crippen molar-refractivity contribution in [1.82, 2.24) is 5.06 Å². The Kier molecular flexibility index (Phi) is 17.4. The highest BCUT2D eigenvalue weighted by atomic mass is 32.2. The molecule has 5 rings (SSSR count). The van der Waals surface area contributed by atoms with E-state index in [2.05, 4.69) is 0 Å². The smallest absolute Gasteiger partial charge is 0.335 e. The van der Waals surface area contributed by atoms with Crippen LogP contribution in [0.2, 0.25) is 0 Å². The van der Waals surface area contributed by atoms with Crippen LogP contribution in [0, 0.1) is 0 Å². The fraction of sp³-hybridized carbons (Fsp3) is 0.488. The van der Waals surface area contributed by atoms with Crippen LogP contribution in [0.1, 0.15) is 63.5 Å². The molecule has 0 radical (unpaired) electrons. The molecular weight excluding hydrogens is 927 g/mol. The number of rotatable bonds is 25. The molecule has 362 valence electrons. The number of anilines is 1. The molecule has 20 nitrogen and oxygen atoms in total. The van der Waals surface area contributed by atoms with Gasteiger partial charge < -0.3 is 28.7 Å². The number of fused-ring (bicyclic) bond motifs is 2. The predicted octanol–water partition coefficient (Wildman–Crippen LogP) is 3.69. The number of imide groups is 1. The zero-order valence-corrected chi connectivity index (χ0v) is 39.5. The van der Waals surface area contributed by atoms with Gasteiger partial charge in [-0.2, -0.15) is 29.8 Å². The topological polar surface area (TPSA) is 270 Å². The maximum Gasteiger partial charge on any atom is 0.335 e. The van der Waals surface area contributed by atoms with Gasteiger partial charge in [-0.1, -0.05) is 18.2 Å². The molecule has 2 unspecified atom stereocenters. The van der Waals surface area contributed by atoms with Gasteiger partial charge in [-0.05, 0) is 75.1 Å². The number of ether oxygens (including phenoxy) is 4. The summed E-state index contributed by atoms with van der Waals surface area (Å²) in [6, 6.07) is 8.46. The number of allylic oxidation sites excluding steroid dienone is 6. The van der Waals surface area contributed by atoms with E-state index in [4.69, 9.17) is 23.8 Å². The maximum atomic E-state index is 12.4. The Labute approximate surface area is 384 Å². The molecule has 0 bridgehead atoms. The van der Waals surface area contributed by atoms with Gasteiger partial charge in [0.05, 0.1) is 53.8 Å². The number of carbonyl (C=O) groups excluding carboxylic acids is 3. The molecule has 66 heavy (non-hydrogen) atoms. The van der Waals surface area contributed by atoms with Gasteiger partial charge in [0.2, 0.25) is 5.69 Å². The van der Waals surface area contributed by atoms with E-state index in [1.807, 2.05) is 29.4 Å². The Morgan fingerprint density at radius 3 is 2.03 bits per heavy atom. The second kappa shape index (κ2) is 22.0. The fourth-order valence-corrected chi connectivity index (χ4v) is 9.81. The third-order valence-corrected chi connectivity index (χ3v) is 14.1. The molecule has 23 heteroatoms. The number of hydrogen-bond acceptors (Lipinski definition) is 15. The minimum Gasteiger partial charge on any atom is -0.385 e. The summed E-state index contributed by atoms with van der Waals surface area (Å²) >= 11 is 0. The van der Waals surface area contributed by atoms with E-state index in [1.54, 1.807) is 43.5 Å². The highest BCUT2D eigenvalue weighted by Gasteiger charge is 2.48.